The second kappa shape index (κ2) is 8.23. The predicted molar refractivity (Wildman–Crippen MR) is 114 cm³/mol. The van der Waals surface area contributed by atoms with Crippen molar-refractivity contribution in [3.63, 3.8) is 0 Å². The van der Waals surface area contributed by atoms with Gasteiger partial charge in [-0.25, -0.2) is 18.4 Å². The van der Waals surface area contributed by atoms with Crippen molar-refractivity contribution in [3.8, 4) is 5.75 Å². The predicted octanol–water partition coefficient (Wildman–Crippen LogP) is 4.21. The monoisotopic (exact) mass is 425 g/mol. The van der Waals surface area contributed by atoms with Gasteiger partial charge < -0.3 is 10.1 Å². The first-order chi connectivity index (χ1) is 14.1. The summed E-state index contributed by atoms with van der Waals surface area (Å²) in [5, 5.41) is 3.19. The summed E-state index contributed by atoms with van der Waals surface area (Å²) < 4.78 is 31.5. The number of nitrogens with one attached hydrogen (secondary N) is 1. The standard InChI is InChI=1S/C22H23N3O4S/c1-13-10-14(2)21(15(3)11-13)25-22-20(12-23-16(4)24-22)30(27,28)19-8-6-18(7-9-19)29-17(5)26/h6-12H,1-5H3,(H,23,24,25). The number of ether oxygens (including phenoxy) is 1. The molecule has 0 spiro atoms. The van der Waals surface area contributed by atoms with E-state index in [1.165, 1.54) is 37.4 Å². The van der Waals surface area contributed by atoms with Gasteiger partial charge in [0.2, 0.25) is 9.84 Å². The number of carbonyl (C=O) groups excluding carboxylic acids is 1. The summed E-state index contributed by atoms with van der Waals surface area (Å²) in [6.07, 6.45) is 1.30. The van der Waals surface area contributed by atoms with Crippen molar-refractivity contribution in [1.29, 1.82) is 0 Å². The average molecular weight is 426 g/mol. The van der Waals surface area contributed by atoms with Crippen LogP contribution in [0.25, 0.3) is 0 Å². The summed E-state index contributed by atoms with van der Waals surface area (Å²) in [5.41, 5.74) is 3.89. The van der Waals surface area contributed by atoms with Crippen LogP contribution in [0.4, 0.5) is 11.5 Å². The maximum Gasteiger partial charge on any atom is 0.308 e. The van der Waals surface area contributed by atoms with E-state index in [4.69, 9.17) is 4.74 Å². The van der Waals surface area contributed by atoms with Gasteiger partial charge in [0, 0.05) is 12.6 Å². The molecule has 0 aliphatic rings. The smallest absolute Gasteiger partial charge is 0.308 e. The number of esters is 1. The fraction of sp³-hybridized carbons (Fsp3) is 0.227. The first-order valence-electron chi connectivity index (χ1n) is 9.30. The Labute approximate surface area is 176 Å². The van der Waals surface area contributed by atoms with Crippen LogP contribution < -0.4 is 10.1 Å². The van der Waals surface area contributed by atoms with Crippen LogP contribution in [0.3, 0.4) is 0 Å². The van der Waals surface area contributed by atoms with E-state index in [1.54, 1.807) is 6.92 Å². The number of rotatable bonds is 5. The first-order valence-corrected chi connectivity index (χ1v) is 10.8. The fourth-order valence-electron chi connectivity index (χ4n) is 3.22. The van der Waals surface area contributed by atoms with Crippen LogP contribution in [-0.4, -0.2) is 24.4 Å². The Morgan fingerprint density at radius 2 is 1.60 bits per heavy atom. The van der Waals surface area contributed by atoms with Gasteiger partial charge in [-0.2, -0.15) is 0 Å². The molecule has 0 aliphatic carbocycles. The molecular formula is C22H23N3O4S. The Hall–Kier alpha value is -3.26. The zero-order valence-electron chi connectivity index (χ0n) is 17.5. The van der Waals surface area contributed by atoms with Crippen LogP contribution in [0.5, 0.6) is 5.75 Å². The van der Waals surface area contributed by atoms with Crippen molar-refractivity contribution in [2.24, 2.45) is 0 Å². The third kappa shape index (κ3) is 4.49. The summed E-state index contributed by atoms with van der Waals surface area (Å²) in [5.74, 6) is 0.449. The molecule has 1 aromatic heterocycles. The summed E-state index contributed by atoms with van der Waals surface area (Å²) in [6.45, 7) is 8.90. The van der Waals surface area contributed by atoms with E-state index >= 15 is 0 Å². The third-order valence-corrected chi connectivity index (χ3v) is 6.25. The molecule has 0 saturated heterocycles. The highest BCUT2D eigenvalue weighted by Gasteiger charge is 2.24. The molecule has 1 heterocycles. The molecule has 0 fully saturated rings. The molecule has 3 aromatic rings. The number of nitrogens with zero attached hydrogens (tertiary/aromatic N) is 2. The van der Waals surface area contributed by atoms with Gasteiger partial charge in [0.05, 0.1) is 11.1 Å². The van der Waals surface area contributed by atoms with Crippen LogP contribution in [-0.2, 0) is 14.6 Å². The van der Waals surface area contributed by atoms with Gasteiger partial charge in [-0.1, -0.05) is 17.7 Å². The van der Waals surface area contributed by atoms with Crippen molar-refractivity contribution in [3.05, 3.63) is 65.1 Å². The van der Waals surface area contributed by atoms with Gasteiger partial charge in [-0.3, -0.25) is 4.79 Å². The number of carbonyl (C=O) groups is 1. The summed E-state index contributed by atoms with van der Waals surface area (Å²) >= 11 is 0. The zero-order valence-corrected chi connectivity index (χ0v) is 18.3. The van der Waals surface area contributed by atoms with Crippen LogP contribution >= 0.6 is 0 Å². The van der Waals surface area contributed by atoms with Crippen molar-refractivity contribution in [2.75, 3.05) is 5.32 Å². The molecule has 0 atom stereocenters. The SMILES string of the molecule is CC(=O)Oc1ccc(S(=O)(=O)c2cnc(C)nc2Nc2c(C)cc(C)cc2C)cc1. The summed E-state index contributed by atoms with van der Waals surface area (Å²) in [7, 11) is -3.91. The number of benzene rings is 2. The van der Waals surface area contributed by atoms with Crippen molar-refractivity contribution >= 4 is 27.3 Å². The number of sulfone groups is 1. The lowest BCUT2D eigenvalue weighted by Gasteiger charge is -2.16. The fourth-order valence-corrected chi connectivity index (χ4v) is 4.51. The third-order valence-electron chi connectivity index (χ3n) is 4.48. The molecule has 0 amide bonds. The van der Waals surface area contributed by atoms with Gasteiger partial charge in [-0.05, 0) is 63.1 Å². The van der Waals surface area contributed by atoms with Gasteiger partial charge >= 0.3 is 5.97 Å². The van der Waals surface area contributed by atoms with Crippen molar-refractivity contribution in [1.82, 2.24) is 9.97 Å². The van der Waals surface area contributed by atoms with Crippen LogP contribution in [0.2, 0.25) is 0 Å². The molecule has 0 unspecified atom stereocenters. The van der Waals surface area contributed by atoms with Gasteiger partial charge in [0.25, 0.3) is 0 Å². The Morgan fingerprint density at radius 3 is 2.17 bits per heavy atom. The topological polar surface area (TPSA) is 98.3 Å². The molecule has 0 saturated carbocycles. The van der Waals surface area contributed by atoms with Crippen molar-refractivity contribution in [2.45, 2.75) is 44.4 Å². The minimum Gasteiger partial charge on any atom is -0.427 e. The van der Waals surface area contributed by atoms with Crippen molar-refractivity contribution < 1.29 is 17.9 Å². The minimum absolute atomic E-state index is 0.0345. The first kappa shape index (κ1) is 21.4. The maximum absolute atomic E-state index is 13.3. The molecule has 7 nitrogen and oxygen atoms in total. The van der Waals surface area contributed by atoms with E-state index in [2.05, 4.69) is 15.3 Å². The molecule has 156 valence electrons. The Balaban J connectivity index is 2.05. The molecule has 0 aliphatic heterocycles. The zero-order chi connectivity index (χ0) is 22.1. The molecule has 0 bridgehead atoms. The number of aromatic nitrogens is 2. The largest absolute Gasteiger partial charge is 0.427 e. The lowest BCUT2D eigenvalue weighted by Crippen LogP contribution is -2.10. The highest BCUT2D eigenvalue weighted by Crippen LogP contribution is 2.31. The average Bonchev–Trinajstić information content (AvgIpc) is 2.64. The highest BCUT2D eigenvalue weighted by atomic mass is 32.2. The maximum atomic E-state index is 13.3. The molecular weight excluding hydrogens is 402 g/mol. The highest BCUT2D eigenvalue weighted by molar-refractivity contribution is 7.91. The van der Waals surface area contributed by atoms with Crippen LogP contribution in [0.1, 0.15) is 29.4 Å². The molecule has 2 aromatic carbocycles. The minimum atomic E-state index is -3.91. The molecule has 0 radical (unpaired) electrons. The second-order valence-corrected chi connectivity index (χ2v) is 9.02. The normalized spacial score (nSPS) is 11.2. The van der Waals surface area contributed by atoms with Crippen LogP contribution in [0.15, 0.2) is 52.4 Å². The number of hydrogen-bond acceptors (Lipinski definition) is 7. The number of anilines is 2. The van der Waals surface area contributed by atoms with Crippen LogP contribution in [0, 0.1) is 27.7 Å². The Bertz CT molecular complexity index is 1200. The van der Waals surface area contributed by atoms with Gasteiger partial charge in [0.15, 0.2) is 5.82 Å². The van der Waals surface area contributed by atoms with Gasteiger partial charge in [0.1, 0.15) is 16.5 Å². The van der Waals surface area contributed by atoms with E-state index in [1.807, 2.05) is 32.9 Å². The number of aryl methyl sites for hydroxylation is 4. The van der Waals surface area contributed by atoms with E-state index in [-0.39, 0.29) is 21.4 Å². The van der Waals surface area contributed by atoms with E-state index < -0.39 is 15.8 Å². The lowest BCUT2D eigenvalue weighted by atomic mass is 10.1. The number of hydrogen-bond donors (Lipinski definition) is 1. The summed E-state index contributed by atoms with van der Waals surface area (Å²) in [6, 6.07) is 9.69. The van der Waals surface area contributed by atoms with E-state index in [9.17, 15) is 13.2 Å². The quantitative estimate of drug-likeness (QED) is 0.483. The second-order valence-electron chi connectivity index (χ2n) is 7.10. The van der Waals surface area contributed by atoms with E-state index in [0.717, 1.165) is 22.4 Å². The molecule has 8 heteroatoms. The molecule has 3 rings (SSSR count). The lowest BCUT2D eigenvalue weighted by molar-refractivity contribution is -0.131. The summed E-state index contributed by atoms with van der Waals surface area (Å²) in [4.78, 5) is 19.5. The Kier molecular flexibility index (Phi) is 5.89. The Morgan fingerprint density at radius 1 is 1.00 bits per heavy atom. The molecule has 30 heavy (non-hydrogen) atoms. The van der Waals surface area contributed by atoms with Gasteiger partial charge in [-0.15, -0.1) is 0 Å². The molecule has 1 N–H and O–H groups in total. The van der Waals surface area contributed by atoms with E-state index in [0.29, 0.717) is 5.82 Å².